The van der Waals surface area contributed by atoms with Gasteiger partial charge in [-0.1, -0.05) is 141 Å². The van der Waals surface area contributed by atoms with Gasteiger partial charge < -0.3 is 4.57 Å². The second-order valence-electron chi connectivity index (χ2n) is 16.6. The van der Waals surface area contributed by atoms with E-state index in [1.807, 2.05) is 0 Å². The van der Waals surface area contributed by atoms with Gasteiger partial charge in [0, 0.05) is 38.2 Å². The zero-order valence-corrected chi connectivity index (χ0v) is 32.6. The Morgan fingerprint density at radius 1 is 0.407 bits per heavy atom. The van der Waals surface area contributed by atoms with E-state index in [4.69, 9.17) is 9.97 Å². The van der Waals surface area contributed by atoms with E-state index in [-0.39, 0.29) is 5.41 Å². The molecule has 9 aromatic carbocycles. The summed E-state index contributed by atoms with van der Waals surface area (Å²) in [6.07, 6.45) is 0. The molecule has 1 aliphatic carbocycles. The van der Waals surface area contributed by atoms with Crippen molar-refractivity contribution in [2.75, 3.05) is 0 Å². The first kappa shape index (κ1) is 32.5. The maximum Gasteiger partial charge on any atom is 0.165 e. The molecule has 0 amide bonds. The minimum Gasteiger partial charge on any atom is -0.309 e. The van der Waals surface area contributed by atoms with Crippen LogP contribution in [0.5, 0.6) is 0 Å². The standard InChI is InChI=1S/C55H36N4/c1-55(2)44-19-9-7-17-39(44)42-30-36(23-27-45(42)55)53-54(57-47-21-11-10-20-46(47)56-53)59-49-28-24-33-13-5-6-16-38(33)52(49)41-26-25-37(32-51(41)59)58-48-22-12-8-18-40(48)43-29-34-14-3-4-15-35(34)31-50(43)58/h3-32H,1-2H3. The summed E-state index contributed by atoms with van der Waals surface area (Å²) in [5, 5.41) is 9.77. The summed E-state index contributed by atoms with van der Waals surface area (Å²) >= 11 is 0. The Balaban J connectivity index is 1.15. The molecule has 0 aliphatic heterocycles. The van der Waals surface area contributed by atoms with Crippen LogP contribution in [0, 0.1) is 0 Å². The number of hydrogen-bond acceptors (Lipinski definition) is 2. The van der Waals surface area contributed by atoms with Crippen molar-refractivity contribution in [2.24, 2.45) is 0 Å². The molecule has 0 radical (unpaired) electrons. The Labute approximate surface area is 340 Å². The number of benzene rings is 9. The van der Waals surface area contributed by atoms with E-state index in [9.17, 15) is 0 Å². The lowest BCUT2D eigenvalue weighted by molar-refractivity contribution is 0.660. The van der Waals surface area contributed by atoms with Gasteiger partial charge in [-0.25, -0.2) is 9.97 Å². The van der Waals surface area contributed by atoms with Crippen molar-refractivity contribution in [3.63, 3.8) is 0 Å². The quantitative estimate of drug-likeness (QED) is 0.180. The second kappa shape index (κ2) is 11.7. The number of rotatable bonds is 3. The number of para-hydroxylation sites is 3. The van der Waals surface area contributed by atoms with Crippen LogP contribution in [0.25, 0.3) is 110 Å². The maximum absolute atomic E-state index is 5.56. The maximum atomic E-state index is 5.56. The summed E-state index contributed by atoms with van der Waals surface area (Å²) in [7, 11) is 0. The lowest BCUT2D eigenvalue weighted by Gasteiger charge is -2.21. The van der Waals surface area contributed by atoms with Crippen molar-refractivity contribution in [1.29, 1.82) is 0 Å². The molecule has 0 fully saturated rings. The van der Waals surface area contributed by atoms with E-state index >= 15 is 0 Å². The molecule has 4 heteroatoms. The lowest BCUT2D eigenvalue weighted by Crippen LogP contribution is -2.14. The van der Waals surface area contributed by atoms with Gasteiger partial charge in [-0.2, -0.15) is 0 Å². The van der Waals surface area contributed by atoms with Gasteiger partial charge in [-0.15, -0.1) is 0 Å². The van der Waals surface area contributed by atoms with E-state index in [2.05, 4.69) is 205 Å². The minimum absolute atomic E-state index is 0.0915. The molecule has 1 aliphatic rings. The third kappa shape index (κ3) is 4.49. The van der Waals surface area contributed by atoms with E-state index in [1.54, 1.807) is 0 Å². The van der Waals surface area contributed by atoms with Crippen molar-refractivity contribution in [2.45, 2.75) is 19.3 Å². The van der Waals surface area contributed by atoms with Crippen LogP contribution in [0.15, 0.2) is 182 Å². The summed E-state index contributed by atoms with van der Waals surface area (Å²) in [6, 6.07) is 66.4. The molecule has 0 N–H and O–H groups in total. The van der Waals surface area contributed by atoms with Gasteiger partial charge >= 0.3 is 0 Å². The number of nitrogens with zero attached hydrogens (tertiary/aromatic N) is 4. The number of fused-ring (bicyclic) bond motifs is 13. The predicted octanol–water partition coefficient (Wildman–Crippen LogP) is 14.1. The van der Waals surface area contributed by atoms with Crippen molar-refractivity contribution >= 4 is 76.2 Å². The SMILES string of the molecule is CC1(C)c2ccccc2-c2cc(-c3nc4ccccc4nc3-n3c4cc(-n5c6ccccc6c6cc7ccccc7cc65)ccc4c4c5ccccc5ccc43)ccc21. The highest BCUT2D eigenvalue weighted by Crippen LogP contribution is 2.50. The Bertz CT molecular complexity index is 3770. The molecule has 3 aromatic heterocycles. The molecule has 3 heterocycles. The fourth-order valence-corrected chi connectivity index (χ4v) is 10.3. The van der Waals surface area contributed by atoms with Crippen LogP contribution in [-0.4, -0.2) is 19.1 Å². The molecule has 0 saturated heterocycles. The summed E-state index contributed by atoms with van der Waals surface area (Å²) < 4.78 is 4.81. The molecular weight excluding hydrogens is 717 g/mol. The third-order valence-corrected chi connectivity index (χ3v) is 13.1. The van der Waals surface area contributed by atoms with Crippen LogP contribution in [0.2, 0.25) is 0 Å². The van der Waals surface area contributed by atoms with Gasteiger partial charge in [0.05, 0.1) is 33.1 Å². The molecule has 12 aromatic rings. The summed E-state index contributed by atoms with van der Waals surface area (Å²) in [4.78, 5) is 11.1. The van der Waals surface area contributed by atoms with Gasteiger partial charge in [0.1, 0.15) is 5.69 Å². The van der Waals surface area contributed by atoms with Crippen molar-refractivity contribution in [1.82, 2.24) is 19.1 Å². The van der Waals surface area contributed by atoms with Gasteiger partial charge in [-0.05, 0) is 98.4 Å². The molecule has 59 heavy (non-hydrogen) atoms. The average Bonchev–Trinajstić information content (AvgIpc) is 3.87. The zero-order valence-electron chi connectivity index (χ0n) is 32.6. The smallest absolute Gasteiger partial charge is 0.165 e. The van der Waals surface area contributed by atoms with E-state index in [0.717, 1.165) is 44.8 Å². The van der Waals surface area contributed by atoms with Crippen molar-refractivity contribution in [3.05, 3.63) is 193 Å². The Kier molecular flexibility index (Phi) is 6.48. The molecule has 0 atom stereocenters. The molecule has 4 nitrogen and oxygen atoms in total. The highest BCUT2D eigenvalue weighted by molar-refractivity contribution is 6.22. The largest absolute Gasteiger partial charge is 0.309 e. The molecule has 13 rings (SSSR count). The van der Waals surface area contributed by atoms with Gasteiger partial charge in [0.25, 0.3) is 0 Å². The first-order valence-corrected chi connectivity index (χ1v) is 20.4. The summed E-state index contributed by atoms with van der Waals surface area (Å²) in [5.41, 5.74) is 14.4. The van der Waals surface area contributed by atoms with Crippen molar-refractivity contribution in [3.8, 4) is 33.9 Å². The third-order valence-electron chi connectivity index (χ3n) is 13.1. The fraction of sp³-hybridized carbons (Fsp3) is 0.0545. The van der Waals surface area contributed by atoms with Gasteiger partial charge in [-0.3, -0.25) is 4.57 Å². The molecule has 276 valence electrons. The summed E-state index contributed by atoms with van der Waals surface area (Å²) in [6.45, 7) is 4.66. The molecule has 0 unspecified atom stereocenters. The van der Waals surface area contributed by atoms with Crippen LogP contribution in [0.4, 0.5) is 0 Å². The minimum atomic E-state index is -0.0915. The molecule has 0 spiro atoms. The Morgan fingerprint density at radius 3 is 1.95 bits per heavy atom. The van der Waals surface area contributed by atoms with Crippen LogP contribution >= 0.6 is 0 Å². The first-order valence-electron chi connectivity index (χ1n) is 20.4. The fourth-order valence-electron chi connectivity index (χ4n) is 10.3. The molecule has 0 bridgehead atoms. The van der Waals surface area contributed by atoms with E-state index in [0.29, 0.717) is 0 Å². The Morgan fingerprint density at radius 2 is 1.08 bits per heavy atom. The van der Waals surface area contributed by atoms with Crippen LogP contribution in [0.3, 0.4) is 0 Å². The van der Waals surface area contributed by atoms with Crippen molar-refractivity contribution < 1.29 is 0 Å². The normalized spacial score (nSPS) is 13.4. The molecule has 0 saturated carbocycles. The van der Waals surface area contributed by atoms with Crippen LogP contribution < -0.4 is 0 Å². The highest BCUT2D eigenvalue weighted by Gasteiger charge is 2.35. The number of hydrogen-bond donors (Lipinski definition) is 0. The number of aromatic nitrogens is 4. The second-order valence-corrected chi connectivity index (χ2v) is 16.6. The topological polar surface area (TPSA) is 35.6 Å². The van der Waals surface area contributed by atoms with Gasteiger partial charge in [0.2, 0.25) is 0 Å². The molecular formula is C55H36N4. The van der Waals surface area contributed by atoms with Gasteiger partial charge in [0.15, 0.2) is 5.82 Å². The van der Waals surface area contributed by atoms with E-state index in [1.165, 1.54) is 76.4 Å². The highest BCUT2D eigenvalue weighted by atomic mass is 15.1. The summed E-state index contributed by atoms with van der Waals surface area (Å²) in [5.74, 6) is 0.815. The Hall–Kier alpha value is -7.56. The van der Waals surface area contributed by atoms with E-state index < -0.39 is 0 Å². The predicted molar refractivity (Wildman–Crippen MR) is 246 cm³/mol. The average molecular weight is 753 g/mol. The first-order chi connectivity index (χ1) is 29.0. The lowest BCUT2D eigenvalue weighted by atomic mass is 9.82. The van der Waals surface area contributed by atoms with Crippen LogP contribution in [-0.2, 0) is 5.41 Å². The van der Waals surface area contributed by atoms with Crippen LogP contribution in [0.1, 0.15) is 25.0 Å². The monoisotopic (exact) mass is 752 g/mol. The zero-order chi connectivity index (χ0) is 39.0.